The fraction of sp³-hybridized carbons (Fsp3) is 0.241. The summed E-state index contributed by atoms with van der Waals surface area (Å²) < 4.78 is 2.01. The van der Waals surface area contributed by atoms with Gasteiger partial charge < -0.3 is 5.32 Å². The van der Waals surface area contributed by atoms with Gasteiger partial charge in [0.15, 0.2) is 16.8 Å². The van der Waals surface area contributed by atoms with Crippen LogP contribution in [0.4, 0.5) is 5.69 Å². The van der Waals surface area contributed by atoms with E-state index < -0.39 is 0 Å². The van der Waals surface area contributed by atoms with E-state index in [0.717, 1.165) is 17.1 Å². The van der Waals surface area contributed by atoms with Gasteiger partial charge in [-0.25, -0.2) is 0 Å². The number of nitrogens with zero attached hydrogens (tertiary/aromatic N) is 3. The van der Waals surface area contributed by atoms with Crippen molar-refractivity contribution in [2.24, 2.45) is 5.92 Å². The molecular weight excluding hydrogens is 468 g/mol. The Kier molecular flexibility index (Phi) is 7.70. The molecule has 7 heteroatoms. The second-order valence-corrected chi connectivity index (χ2v) is 10.4. The van der Waals surface area contributed by atoms with E-state index in [9.17, 15) is 9.59 Å². The summed E-state index contributed by atoms with van der Waals surface area (Å²) in [6.07, 6.45) is 0. The highest BCUT2D eigenvalue weighted by Crippen LogP contribution is 2.32. The number of nitrogens with one attached hydrogen (secondary N) is 1. The minimum atomic E-state index is -0.390. The molecule has 0 radical (unpaired) electrons. The first kappa shape index (κ1) is 25.4. The maximum absolute atomic E-state index is 13.2. The van der Waals surface area contributed by atoms with Crippen molar-refractivity contribution < 1.29 is 9.59 Å². The van der Waals surface area contributed by atoms with Gasteiger partial charge in [-0.15, -0.1) is 10.2 Å². The van der Waals surface area contributed by atoms with Gasteiger partial charge in [0, 0.05) is 22.7 Å². The van der Waals surface area contributed by atoms with Crippen LogP contribution >= 0.6 is 11.8 Å². The third-order valence-corrected chi connectivity index (χ3v) is 7.07. The molecule has 1 amide bonds. The lowest BCUT2D eigenvalue weighted by molar-refractivity contribution is -0.118. The summed E-state index contributed by atoms with van der Waals surface area (Å²) in [4.78, 5) is 25.2. The second-order valence-electron chi connectivity index (χ2n) is 9.12. The smallest absolute Gasteiger partial charge is 0.226 e. The fourth-order valence-corrected chi connectivity index (χ4v) is 4.61. The molecule has 0 spiro atoms. The minimum Gasteiger partial charge on any atom is -0.326 e. The van der Waals surface area contributed by atoms with Crippen LogP contribution in [0.15, 0.2) is 78.0 Å². The van der Waals surface area contributed by atoms with Crippen LogP contribution in [0.5, 0.6) is 0 Å². The molecule has 0 unspecified atom stereocenters. The molecule has 3 aromatic carbocycles. The highest BCUT2D eigenvalue weighted by Gasteiger charge is 2.23. The summed E-state index contributed by atoms with van der Waals surface area (Å²) in [6, 6.07) is 23.2. The number of hydrogen-bond donors (Lipinski definition) is 1. The first-order valence-corrected chi connectivity index (χ1v) is 12.8. The van der Waals surface area contributed by atoms with Gasteiger partial charge in [0.1, 0.15) is 0 Å². The average Bonchev–Trinajstić information content (AvgIpc) is 3.29. The van der Waals surface area contributed by atoms with Crippen molar-refractivity contribution in [3.63, 3.8) is 0 Å². The van der Waals surface area contributed by atoms with Crippen molar-refractivity contribution >= 4 is 29.1 Å². The topological polar surface area (TPSA) is 76.9 Å². The van der Waals surface area contributed by atoms with E-state index in [1.54, 1.807) is 24.3 Å². The zero-order chi connectivity index (χ0) is 25.8. The maximum atomic E-state index is 13.2. The molecule has 0 aliphatic carbocycles. The van der Waals surface area contributed by atoms with E-state index in [2.05, 4.69) is 47.6 Å². The zero-order valence-electron chi connectivity index (χ0n) is 21.1. The average molecular weight is 499 g/mol. The highest BCUT2D eigenvalue weighted by molar-refractivity contribution is 8.00. The molecule has 0 fully saturated rings. The Morgan fingerprint density at radius 3 is 2.19 bits per heavy atom. The Hall–Kier alpha value is -3.71. The van der Waals surface area contributed by atoms with Gasteiger partial charge in [0.2, 0.25) is 5.91 Å². The maximum Gasteiger partial charge on any atom is 0.226 e. The number of aryl methyl sites for hydroxylation is 2. The molecule has 0 aliphatic rings. The number of Topliss-reactive ketones (excluding diaryl/α,β-unsaturated/α-hetero) is 1. The number of amides is 1. The molecule has 4 aromatic rings. The molecule has 0 aliphatic heterocycles. The monoisotopic (exact) mass is 498 g/mol. The van der Waals surface area contributed by atoms with E-state index in [0.29, 0.717) is 16.4 Å². The van der Waals surface area contributed by atoms with E-state index >= 15 is 0 Å². The lowest BCUT2D eigenvalue weighted by Gasteiger charge is -2.15. The second kappa shape index (κ2) is 10.9. The molecule has 0 bridgehead atoms. The summed E-state index contributed by atoms with van der Waals surface area (Å²) in [5.41, 5.74) is 5.54. The summed E-state index contributed by atoms with van der Waals surface area (Å²) in [5.74, 6) is 0.542. The van der Waals surface area contributed by atoms with Crippen LogP contribution < -0.4 is 5.32 Å². The van der Waals surface area contributed by atoms with Gasteiger partial charge in [-0.2, -0.15) is 0 Å². The Bertz CT molecular complexity index is 1380. The first-order valence-electron chi connectivity index (χ1n) is 11.9. The van der Waals surface area contributed by atoms with Gasteiger partial charge in [-0.3, -0.25) is 14.2 Å². The van der Waals surface area contributed by atoms with Gasteiger partial charge >= 0.3 is 0 Å². The number of carbonyl (C=O) groups excluding carboxylic acids is 2. The number of benzene rings is 3. The molecule has 1 heterocycles. The Morgan fingerprint density at radius 1 is 0.861 bits per heavy atom. The zero-order valence-corrected chi connectivity index (χ0v) is 22.0. The number of ketones is 1. The number of carbonyl (C=O) groups is 2. The van der Waals surface area contributed by atoms with Crippen LogP contribution in [0.2, 0.25) is 0 Å². The molecule has 184 valence electrons. The lowest BCUT2D eigenvalue weighted by Crippen LogP contribution is -2.18. The molecular formula is C29H30N4O2S. The van der Waals surface area contributed by atoms with Crippen molar-refractivity contribution in [2.45, 2.75) is 45.0 Å². The predicted molar refractivity (Wildman–Crippen MR) is 146 cm³/mol. The molecule has 1 atom stereocenters. The Morgan fingerprint density at radius 2 is 1.56 bits per heavy atom. The molecule has 4 rings (SSSR count). The lowest BCUT2D eigenvalue weighted by atomic mass is 10.1. The van der Waals surface area contributed by atoms with Crippen molar-refractivity contribution in [1.29, 1.82) is 0 Å². The summed E-state index contributed by atoms with van der Waals surface area (Å²) >= 11 is 1.38. The SMILES string of the molecule is Cc1ccc(-n2c(S[C@H](C)C(=O)c3ccc(NC(=O)C(C)C)cc3)nnc2-c2ccccc2)cc1C. The molecule has 6 nitrogen and oxygen atoms in total. The number of thioether (sulfide) groups is 1. The number of aromatic nitrogens is 3. The van der Waals surface area contributed by atoms with Gasteiger partial charge in [0.25, 0.3) is 0 Å². The normalized spacial score (nSPS) is 11.9. The number of hydrogen-bond acceptors (Lipinski definition) is 5. The largest absolute Gasteiger partial charge is 0.326 e. The van der Waals surface area contributed by atoms with Crippen molar-refractivity contribution in [2.75, 3.05) is 5.32 Å². The fourth-order valence-electron chi connectivity index (χ4n) is 3.67. The number of anilines is 1. The summed E-state index contributed by atoms with van der Waals surface area (Å²) in [6.45, 7) is 9.72. The van der Waals surface area contributed by atoms with Crippen LogP contribution in [0.1, 0.15) is 42.3 Å². The highest BCUT2D eigenvalue weighted by atomic mass is 32.2. The van der Waals surface area contributed by atoms with Crippen molar-refractivity contribution in [3.8, 4) is 17.1 Å². The minimum absolute atomic E-state index is 0.0161. The van der Waals surface area contributed by atoms with E-state index in [-0.39, 0.29) is 22.9 Å². The van der Waals surface area contributed by atoms with Crippen LogP contribution in [-0.2, 0) is 4.79 Å². The summed E-state index contributed by atoms with van der Waals surface area (Å²) in [7, 11) is 0. The van der Waals surface area contributed by atoms with E-state index in [1.165, 1.54) is 22.9 Å². The molecule has 1 N–H and O–H groups in total. The van der Waals surface area contributed by atoms with Crippen LogP contribution in [0.3, 0.4) is 0 Å². The molecule has 0 saturated carbocycles. The predicted octanol–water partition coefficient (Wildman–Crippen LogP) is 6.51. The first-order chi connectivity index (χ1) is 17.2. The third-order valence-electron chi connectivity index (χ3n) is 6.03. The van der Waals surface area contributed by atoms with Crippen LogP contribution in [-0.4, -0.2) is 31.7 Å². The Balaban J connectivity index is 1.61. The standard InChI is InChI=1S/C29H30N4O2S/c1-18(2)28(35)30-24-14-12-22(13-15-24)26(34)21(5)36-29-32-31-27(23-9-7-6-8-10-23)33(29)25-16-11-19(3)20(4)17-25/h6-18,21H,1-5H3,(H,30,35)/t21-/m1/s1. The van der Waals surface area contributed by atoms with E-state index in [1.807, 2.05) is 55.7 Å². The quantitative estimate of drug-likeness (QED) is 0.221. The third kappa shape index (κ3) is 5.57. The van der Waals surface area contributed by atoms with Crippen LogP contribution in [0.25, 0.3) is 17.1 Å². The number of rotatable bonds is 8. The van der Waals surface area contributed by atoms with Crippen LogP contribution in [0, 0.1) is 19.8 Å². The molecule has 0 saturated heterocycles. The van der Waals surface area contributed by atoms with Crippen molar-refractivity contribution in [3.05, 3.63) is 89.5 Å². The molecule has 36 heavy (non-hydrogen) atoms. The van der Waals surface area contributed by atoms with E-state index in [4.69, 9.17) is 0 Å². The van der Waals surface area contributed by atoms with Gasteiger partial charge in [-0.1, -0.05) is 62.0 Å². The van der Waals surface area contributed by atoms with Crippen molar-refractivity contribution in [1.82, 2.24) is 14.8 Å². The Labute approximate surface area is 216 Å². The molecule has 1 aromatic heterocycles. The van der Waals surface area contributed by atoms with Gasteiger partial charge in [-0.05, 0) is 68.3 Å². The summed E-state index contributed by atoms with van der Waals surface area (Å²) in [5, 5.41) is 12.1. The van der Waals surface area contributed by atoms with Gasteiger partial charge in [0.05, 0.1) is 10.9 Å².